The number of rotatable bonds is 5. The lowest BCUT2D eigenvalue weighted by atomic mass is 10.0. The SMILES string of the molecule is O=S(=O)(Nc1ccc2c(c1)CN(S(=O)(=O)c1cccs1)CC2)c1cc(F)ccc1F. The van der Waals surface area contributed by atoms with E-state index in [0.717, 1.165) is 29.0 Å². The Balaban J connectivity index is 1.61. The second kappa shape index (κ2) is 7.73. The standard InChI is InChI=1S/C19H16F2N2O4S3/c20-15-4-6-17(21)18(11-15)29(24,25)22-16-5-3-13-7-8-23(12-14(13)10-16)30(26,27)19-2-1-9-28-19/h1-6,9-11,22H,7-8,12H2. The summed E-state index contributed by atoms with van der Waals surface area (Å²) in [4.78, 5) is -0.804. The normalized spacial score (nSPS) is 15.0. The maximum absolute atomic E-state index is 13.9. The van der Waals surface area contributed by atoms with Crippen molar-refractivity contribution in [1.82, 2.24) is 4.31 Å². The molecule has 6 nitrogen and oxygen atoms in total. The molecule has 11 heteroatoms. The van der Waals surface area contributed by atoms with Gasteiger partial charge in [-0.25, -0.2) is 25.6 Å². The molecule has 0 saturated carbocycles. The lowest BCUT2D eigenvalue weighted by Crippen LogP contribution is -2.35. The zero-order valence-corrected chi connectivity index (χ0v) is 17.8. The molecule has 1 aliphatic heterocycles. The molecule has 0 saturated heterocycles. The smallest absolute Gasteiger partial charge is 0.264 e. The Morgan fingerprint density at radius 2 is 1.77 bits per heavy atom. The molecule has 1 N–H and O–H groups in total. The Morgan fingerprint density at radius 3 is 2.50 bits per heavy atom. The van der Waals surface area contributed by atoms with E-state index in [-0.39, 0.29) is 16.4 Å². The topological polar surface area (TPSA) is 83.6 Å². The van der Waals surface area contributed by atoms with Crippen molar-refractivity contribution in [3.63, 3.8) is 0 Å². The van der Waals surface area contributed by atoms with Crippen LogP contribution in [0.25, 0.3) is 0 Å². The summed E-state index contributed by atoms with van der Waals surface area (Å²) in [6, 6.07) is 10.1. The van der Waals surface area contributed by atoms with Gasteiger partial charge in [0.05, 0.1) is 0 Å². The summed E-state index contributed by atoms with van der Waals surface area (Å²) in [5.41, 5.74) is 1.67. The summed E-state index contributed by atoms with van der Waals surface area (Å²) < 4.78 is 81.7. The van der Waals surface area contributed by atoms with Gasteiger partial charge in [-0.3, -0.25) is 4.72 Å². The Labute approximate surface area is 176 Å². The van der Waals surface area contributed by atoms with Gasteiger partial charge in [0, 0.05) is 18.8 Å². The van der Waals surface area contributed by atoms with E-state index in [1.54, 1.807) is 17.5 Å². The highest BCUT2D eigenvalue weighted by Crippen LogP contribution is 2.29. The highest BCUT2D eigenvalue weighted by Gasteiger charge is 2.29. The summed E-state index contributed by atoms with van der Waals surface area (Å²) in [5, 5.41) is 1.68. The number of nitrogens with one attached hydrogen (secondary N) is 1. The van der Waals surface area contributed by atoms with E-state index in [1.165, 1.54) is 22.5 Å². The molecule has 1 aromatic heterocycles. The van der Waals surface area contributed by atoms with E-state index >= 15 is 0 Å². The molecular formula is C19H16F2N2O4S3. The number of thiophene rings is 1. The third kappa shape index (κ3) is 3.97. The van der Waals surface area contributed by atoms with Crippen molar-refractivity contribution >= 4 is 37.1 Å². The average Bonchev–Trinajstić information content (AvgIpc) is 3.24. The van der Waals surface area contributed by atoms with Crippen molar-refractivity contribution in [1.29, 1.82) is 0 Å². The van der Waals surface area contributed by atoms with Gasteiger partial charge >= 0.3 is 0 Å². The molecule has 0 aliphatic carbocycles. The van der Waals surface area contributed by atoms with Gasteiger partial charge in [0.2, 0.25) is 0 Å². The zero-order chi connectivity index (χ0) is 21.5. The Bertz CT molecular complexity index is 1310. The van der Waals surface area contributed by atoms with Gasteiger partial charge in [0.1, 0.15) is 20.7 Å². The van der Waals surface area contributed by atoms with Crippen LogP contribution in [-0.4, -0.2) is 27.7 Å². The maximum Gasteiger partial charge on any atom is 0.264 e. The summed E-state index contributed by atoms with van der Waals surface area (Å²) in [5.74, 6) is -1.95. The summed E-state index contributed by atoms with van der Waals surface area (Å²) >= 11 is 1.13. The number of sulfonamides is 2. The quantitative estimate of drug-likeness (QED) is 0.618. The van der Waals surface area contributed by atoms with Crippen LogP contribution in [0.4, 0.5) is 14.5 Å². The molecule has 2 heterocycles. The van der Waals surface area contributed by atoms with Gasteiger partial charge in [-0.05, 0) is 59.3 Å². The van der Waals surface area contributed by atoms with Crippen molar-refractivity contribution < 1.29 is 25.6 Å². The minimum absolute atomic E-state index is 0.0828. The van der Waals surface area contributed by atoms with Crippen LogP contribution in [0.2, 0.25) is 0 Å². The Hall–Kier alpha value is -2.34. The molecule has 0 fully saturated rings. The molecule has 3 aromatic rings. The van der Waals surface area contributed by atoms with Crippen LogP contribution < -0.4 is 4.72 Å². The first-order valence-corrected chi connectivity index (χ1v) is 12.6. The van der Waals surface area contributed by atoms with Crippen LogP contribution in [0.15, 0.2) is 63.0 Å². The predicted octanol–water partition coefficient (Wildman–Crippen LogP) is 3.57. The number of hydrogen-bond donors (Lipinski definition) is 1. The third-order valence-corrected chi connectivity index (χ3v) is 9.32. The molecule has 1 aliphatic rings. The number of anilines is 1. The van der Waals surface area contributed by atoms with Crippen LogP contribution in [0.1, 0.15) is 11.1 Å². The van der Waals surface area contributed by atoms with Crippen LogP contribution in [-0.2, 0) is 33.0 Å². The monoisotopic (exact) mass is 470 g/mol. The van der Waals surface area contributed by atoms with E-state index in [9.17, 15) is 25.6 Å². The summed E-state index contributed by atoms with van der Waals surface area (Å²) in [7, 11) is -8.01. The lowest BCUT2D eigenvalue weighted by molar-refractivity contribution is 0.392. The first-order chi connectivity index (χ1) is 14.2. The first kappa shape index (κ1) is 20.9. The molecule has 0 bridgehead atoms. The van der Waals surface area contributed by atoms with Gasteiger partial charge in [0.15, 0.2) is 0 Å². The molecule has 0 amide bonds. The molecule has 0 atom stereocenters. The lowest BCUT2D eigenvalue weighted by Gasteiger charge is -2.28. The molecule has 2 aromatic carbocycles. The second-order valence-corrected chi connectivity index (χ2v) is 11.4. The van der Waals surface area contributed by atoms with Gasteiger partial charge in [-0.15, -0.1) is 11.3 Å². The summed E-state index contributed by atoms with van der Waals surface area (Å²) in [6.07, 6.45) is 0.478. The minimum atomic E-state index is -4.37. The van der Waals surface area contributed by atoms with Crippen LogP contribution in [0, 0.1) is 11.6 Å². The van der Waals surface area contributed by atoms with Crippen molar-refractivity contribution in [3.05, 3.63) is 76.7 Å². The average molecular weight is 471 g/mol. The highest BCUT2D eigenvalue weighted by molar-refractivity contribution is 7.92. The van der Waals surface area contributed by atoms with Crippen molar-refractivity contribution in [2.24, 2.45) is 0 Å². The number of benzene rings is 2. The van der Waals surface area contributed by atoms with Gasteiger partial charge in [-0.1, -0.05) is 12.1 Å². The van der Waals surface area contributed by atoms with E-state index < -0.39 is 36.6 Å². The molecule has 30 heavy (non-hydrogen) atoms. The van der Waals surface area contributed by atoms with E-state index in [0.29, 0.717) is 24.6 Å². The largest absolute Gasteiger partial charge is 0.280 e. The van der Waals surface area contributed by atoms with Gasteiger partial charge < -0.3 is 0 Å². The third-order valence-electron chi connectivity index (χ3n) is 4.71. The summed E-state index contributed by atoms with van der Waals surface area (Å²) in [6.45, 7) is 0.395. The van der Waals surface area contributed by atoms with Crippen molar-refractivity contribution in [2.45, 2.75) is 22.1 Å². The first-order valence-electron chi connectivity index (χ1n) is 8.80. The predicted molar refractivity (Wildman–Crippen MR) is 109 cm³/mol. The Kier molecular flexibility index (Phi) is 5.39. The van der Waals surface area contributed by atoms with Crippen molar-refractivity contribution in [2.75, 3.05) is 11.3 Å². The number of hydrogen-bond acceptors (Lipinski definition) is 5. The van der Waals surface area contributed by atoms with Crippen molar-refractivity contribution in [3.8, 4) is 0 Å². The molecule has 158 valence electrons. The fraction of sp³-hybridized carbons (Fsp3) is 0.158. The second-order valence-electron chi connectivity index (χ2n) is 6.68. The van der Waals surface area contributed by atoms with E-state index in [1.807, 2.05) is 0 Å². The van der Waals surface area contributed by atoms with Crippen LogP contribution in [0.3, 0.4) is 0 Å². The fourth-order valence-corrected chi connectivity index (χ4v) is 6.93. The van der Waals surface area contributed by atoms with Gasteiger partial charge in [-0.2, -0.15) is 4.31 Å². The molecule has 0 unspecified atom stereocenters. The van der Waals surface area contributed by atoms with Crippen LogP contribution in [0.5, 0.6) is 0 Å². The minimum Gasteiger partial charge on any atom is -0.280 e. The van der Waals surface area contributed by atoms with E-state index in [2.05, 4.69) is 4.72 Å². The number of fused-ring (bicyclic) bond motifs is 1. The van der Waals surface area contributed by atoms with E-state index in [4.69, 9.17) is 0 Å². The zero-order valence-electron chi connectivity index (χ0n) is 15.4. The maximum atomic E-state index is 13.9. The van der Waals surface area contributed by atoms with Gasteiger partial charge in [0.25, 0.3) is 20.0 Å². The molecule has 0 radical (unpaired) electrons. The highest BCUT2D eigenvalue weighted by atomic mass is 32.2. The fourth-order valence-electron chi connectivity index (χ4n) is 3.23. The number of nitrogens with zero attached hydrogens (tertiary/aromatic N) is 1. The molecular weight excluding hydrogens is 454 g/mol. The molecule has 0 spiro atoms. The van der Waals surface area contributed by atoms with Crippen LogP contribution >= 0.6 is 11.3 Å². The number of halogens is 2. The Morgan fingerprint density at radius 1 is 0.967 bits per heavy atom. The molecule has 4 rings (SSSR count).